The minimum atomic E-state index is -0.103. The van der Waals surface area contributed by atoms with E-state index in [1.165, 1.54) is 5.69 Å². The van der Waals surface area contributed by atoms with Crippen LogP contribution in [0.4, 0.5) is 5.69 Å². The lowest BCUT2D eigenvalue weighted by molar-refractivity contribution is 0.399. The fraction of sp³-hybridized carbons (Fsp3) is 0.571. The standard InChI is InChI=1S/C14H24N2O/c1-5-14(15,6-2)11-16(3)12-7-9-13(17-4)10-8-12/h7-10H,5-6,11,15H2,1-4H3. The number of ether oxygens (including phenoxy) is 1. The van der Waals surface area contributed by atoms with Crippen molar-refractivity contribution >= 4 is 5.69 Å². The van der Waals surface area contributed by atoms with Crippen LogP contribution in [0.25, 0.3) is 0 Å². The van der Waals surface area contributed by atoms with Gasteiger partial charge in [-0.15, -0.1) is 0 Å². The third-order valence-electron chi connectivity index (χ3n) is 3.47. The molecule has 0 saturated carbocycles. The van der Waals surface area contributed by atoms with E-state index in [1.54, 1.807) is 7.11 Å². The van der Waals surface area contributed by atoms with E-state index in [9.17, 15) is 0 Å². The highest BCUT2D eigenvalue weighted by Gasteiger charge is 2.22. The Morgan fingerprint density at radius 2 is 1.71 bits per heavy atom. The molecular weight excluding hydrogens is 212 g/mol. The van der Waals surface area contributed by atoms with Crippen LogP contribution in [0.15, 0.2) is 24.3 Å². The van der Waals surface area contributed by atoms with Gasteiger partial charge >= 0.3 is 0 Å². The summed E-state index contributed by atoms with van der Waals surface area (Å²) >= 11 is 0. The number of methoxy groups -OCH3 is 1. The molecule has 3 nitrogen and oxygen atoms in total. The van der Waals surface area contributed by atoms with E-state index in [0.29, 0.717) is 0 Å². The van der Waals surface area contributed by atoms with Gasteiger partial charge in [-0.05, 0) is 37.1 Å². The molecule has 17 heavy (non-hydrogen) atoms. The van der Waals surface area contributed by atoms with Crippen molar-refractivity contribution in [1.29, 1.82) is 0 Å². The quantitative estimate of drug-likeness (QED) is 0.825. The Kier molecular flexibility index (Phi) is 4.82. The van der Waals surface area contributed by atoms with Crippen LogP contribution in [-0.4, -0.2) is 26.2 Å². The summed E-state index contributed by atoms with van der Waals surface area (Å²) in [6, 6.07) is 8.07. The van der Waals surface area contributed by atoms with Gasteiger partial charge in [-0.2, -0.15) is 0 Å². The van der Waals surface area contributed by atoms with Gasteiger partial charge < -0.3 is 15.4 Å². The summed E-state index contributed by atoms with van der Waals surface area (Å²) in [4.78, 5) is 2.20. The molecule has 1 rings (SSSR count). The van der Waals surface area contributed by atoms with Crippen LogP contribution in [0.3, 0.4) is 0 Å². The number of rotatable bonds is 6. The van der Waals surface area contributed by atoms with E-state index in [4.69, 9.17) is 10.5 Å². The zero-order chi connectivity index (χ0) is 12.9. The average Bonchev–Trinajstić information content (AvgIpc) is 2.38. The second-order valence-corrected chi connectivity index (χ2v) is 4.62. The Bertz CT molecular complexity index is 331. The molecule has 0 aliphatic rings. The van der Waals surface area contributed by atoms with Gasteiger partial charge in [0.2, 0.25) is 0 Å². The average molecular weight is 236 g/mol. The summed E-state index contributed by atoms with van der Waals surface area (Å²) < 4.78 is 5.15. The van der Waals surface area contributed by atoms with Crippen LogP contribution in [0.5, 0.6) is 5.75 Å². The Morgan fingerprint density at radius 1 is 1.18 bits per heavy atom. The molecule has 1 aromatic rings. The first-order valence-corrected chi connectivity index (χ1v) is 6.18. The number of benzene rings is 1. The highest BCUT2D eigenvalue weighted by molar-refractivity contribution is 5.48. The largest absolute Gasteiger partial charge is 0.497 e. The normalized spacial score (nSPS) is 11.4. The molecule has 0 amide bonds. The molecule has 0 fully saturated rings. The predicted molar refractivity (Wildman–Crippen MR) is 73.8 cm³/mol. The van der Waals surface area contributed by atoms with E-state index >= 15 is 0 Å². The number of hydrogen-bond acceptors (Lipinski definition) is 3. The maximum absolute atomic E-state index is 6.32. The Morgan fingerprint density at radius 3 is 2.12 bits per heavy atom. The van der Waals surface area contributed by atoms with E-state index in [-0.39, 0.29) is 5.54 Å². The van der Waals surface area contributed by atoms with Crippen molar-refractivity contribution in [2.24, 2.45) is 5.73 Å². The van der Waals surface area contributed by atoms with Crippen LogP contribution in [0.1, 0.15) is 26.7 Å². The minimum absolute atomic E-state index is 0.103. The topological polar surface area (TPSA) is 38.5 Å². The minimum Gasteiger partial charge on any atom is -0.497 e. The van der Waals surface area contributed by atoms with Gasteiger partial charge in [0, 0.05) is 24.8 Å². The van der Waals surface area contributed by atoms with Crippen LogP contribution >= 0.6 is 0 Å². The van der Waals surface area contributed by atoms with E-state index < -0.39 is 0 Å². The number of nitrogens with two attached hydrogens (primary N) is 1. The van der Waals surface area contributed by atoms with Crippen molar-refractivity contribution in [3.63, 3.8) is 0 Å². The Hall–Kier alpha value is -1.22. The summed E-state index contributed by atoms with van der Waals surface area (Å²) in [6.45, 7) is 5.16. The molecule has 0 aliphatic heterocycles. The fourth-order valence-corrected chi connectivity index (χ4v) is 1.87. The first kappa shape index (κ1) is 13.8. The van der Waals surface area contributed by atoms with Crippen molar-refractivity contribution in [2.75, 3.05) is 25.6 Å². The second-order valence-electron chi connectivity index (χ2n) is 4.62. The summed E-state index contributed by atoms with van der Waals surface area (Å²) in [5.74, 6) is 0.882. The summed E-state index contributed by atoms with van der Waals surface area (Å²) in [7, 11) is 3.76. The molecule has 0 aliphatic carbocycles. The molecule has 0 unspecified atom stereocenters. The Balaban J connectivity index is 2.71. The number of likely N-dealkylation sites (N-methyl/N-ethyl adjacent to an activating group) is 1. The highest BCUT2D eigenvalue weighted by Crippen LogP contribution is 2.21. The molecule has 1 aromatic carbocycles. The van der Waals surface area contributed by atoms with Crippen LogP contribution in [0, 0.1) is 0 Å². The van der Waals surface area contributed by atoms with E-state index in [0.717, 1.165) is 25.1 Å². The summed E-state index contributed by atoms with van der Waals surface area (Å²) in [5, 5.41) is 0. The van der Waals surface area contributed by atoms with Gasteiger partial charge in [0.1, 0.15) is 5.75 Å². The van der Waals surface area contributed by atoms with Gasteiger partial charge in [-0.25, -0.2) is 0 Å². The van der Waals surface area contributed by atoms with Crippen molar-refractivity contribution in [3.8, 4) is 5.75 Å². The molecule has 0 bridgehead atoms. The SMILES string of the molecule is CCC(N)(CC)CN(C)c1ccc(OC)cc1. The number of anilines is 1. The highest BCUT2D eigenvalue weighted by atomic mass is 16.5. The molecule has 3 heteroatoms. The first-order valence-electron chi connectivity index (χ1n) is 6.18. The number of hydrogen-bond donors (Lipinski definition) is 1. The monoisotopic (exact) mass is 236 g/mol. The van der Waals surface area contributed by atoms with Crippen molar-refractivity contribution in [2.45, 2.75) is 32.2 Å². The fourth-order valence-electron chi connectivity index (χ4n) is 1.87. The lowest BCUT2D eigenvalue weighted by Gasteiger charge is -2.33. The maximum atomic E-state index is 6.32. The molecule has 2 N–H and O–H groups in total. The zero-order valence-electron chi connectivity index (χ0n) is 11.4. The van der Waals surface area contributed by atoms with Gasteiger partial charge in [0.25, 0.3) is 0 Å². The van der Waals surface area contributed by atoms with E-state index in [1.807, 2.05) is 12.1 Å². The van der Waals surface area contributed by atoms with Crippen molar-refractivity contribution < 1.29 is 4.74 Å². The molecule has 0 saturated heterocycles. The first-order chi connectivity index (χ1) is 8.04. The van der Waals surface area contributed by atoms with E-state index in [2.05, 4.69) is 37.9 Å². The molecule has 0 heterocycles. The van der Waals surface area contributed by atoms with Gasteiger partial charge in [0.15, 0.2) is 0 Å². The van der Waals surface area contributed by atoms with Crippen LogP contribution in [-0.2, 0) is 0 Å². The summed E-state index contributed by atoms with van der Waals surface area (Å²) in [6.07, 6.45) is 1.98. The second kappa shape index (κ2) is 5.92. The zero-order valence-corrected chi connectivity index (χ0v) is 11.4. The smallest absolute Gasteiger partial charge is 0.119 e. The Labute approximate surface area is 105 Å². The van der Waals surface area contributed by atoms with Gasteiger partial charge in [-0.3, -0.25) is 0 Å². The molecule has 0 atom stereocenters. The lowest BCUT2D eigenvalue weighted by Crippen LogP contribution is -2.48. The van der Waals surface area contributed by atoms with Crippen molar-refractivity contribution in [1.82, 2.24) is 0 Å². The van der Waals surface area contributed by atoms with Crippen LogP contribution in [0.2, 0.25) is 0 Å². The third kappa shape index (κ3) is 3.63. The molecule has 96 valence electrons. The molecule has 0 spiro atoms. The lowest BCUT2D eigenvalue weighted by atomic mass is 9.93. The predicted octanol–water partition coefficient (Wildman–Crippen LogP) is 2.65. The molecular formula is C14H24N2O. The molecule has 0 aromatic heterocycles. The maximum Gasteiger partial charge on any atom is 0.119 e. The van der Waals surface area contributed by atoms with Crippen LogP contribution < -0.4 is 15.4 Å². The van der Waals surface area contributed by atoms with Gasteiger partial charge in [0.05, 0.1) is 7.11 Å². The molecule has 0 radical (unpaired) electrons. The number of nitrogens with zero attached hydrogens (tertiary/aromatic N) is 1. The summed E-state index contributed by atoms with van der Waals surface area (Å²) in [5.41, 5.74) is 7.39. The third-order valence-corrected chi connectivity index (χ3v) is 3.47. The van der Waals surface area contributed by atoms with Gasteiger partial charge in [-0.1, -0.05) is 13.8 Å². The van der Waals surface area contributed by atoms with Crippen molar-refractivity contribution in [3.05, 3.63) is 24.3 Å².